The van der Waals surface area contributed by atoms with Crippen LogP contribution in [-0.2, 0) is 17.3 Å². The van der Waals surface area contributed by atoms with E-state index < -0.39 is 11.4 Å². The zero-order valence-electron chi connectivity index (χ0n) is 14.6. The Morgan fingerprint density at radius 2 is 1.92 bits per heavy atom. The van der Waals surface area contributed by atoms with Crippen LogP contribution in [-0.4, -0.2) is 33.1 Å². The molecule has 6 heteroatoms. The maximum absolute atomic E-state index is 11.5. The third-order valence-electron chi connectivity index (χ3n) is 4.94. The van der Waals surface area contributed by atoms with Gasteiger partial charge in [-0.3, -0.25) is 4.79 Å². The van der Waals surface area contributed by atoms with E-state index in [0.717, 1.165) is 27.7 Å². The molecule has 4 rings (SSSR count). The van der Waals surface area contributed by atoms with Crippen LogP contribution >= 0.6 is 0 Å². The molecule has 0 amide bonds. The third-order valence-corrected chi connectivity index (χ3v) is 4.94. The van der Waals surface area contributed by atoms with Crippen LogP contribution in [0.5, 0.6) is 0 Å². The van der Waals surface area contributed by atoms with Crippen molar-refractivity contribution in [1.82, 2.24) is 15.0 Å². The number of carbonyl (C=O) groups is 1. The van der Waals surface area contributed by atoms with Crippen LogP contribution in [0.25, 0.3) is 10.8 Å². The van der Waals surface area contributed by atoms with Crippen LogP contribution in [0.2, 0.25) is 0 Å². The summed E-state index contributed by atoms with van der Waals surface area (Å²) < 4.78 is 1.64. The molecule has 0 aliphatic heterocycles. The summed E-state index contributed by atoms with van der Waals surface area (Å²) in [4.78, 5) is 11.5. The highest BCUT2D eigenvalue weighted by Gasteiger charge is 2.51. The number of carboxylic acids is 1. The Hall–Kier alpha value is -3.33. The van der Waals surface area contributed by atoms with Crippen LogP contribution in [0.15, 0.2) is 36.4 Å². The van der Waals surface area contributed by atoms with Gasteiger partial charge >= 0.3 is 5.97 Å². The summed E-state index contributed by atoms with van der Waals surface area (Å²) in [5.74, 6) is 6.20. The molecule has 1 saturated carbocycles. The van der Waals surface area contributed by atoms with Gasteiger partial charge in [0.2, 0.25) is 0 Å². The average molecular weight is 346 g/mol. The van der Waals surface area contributed by atoms with Gasteiger partial charge in [0.25, 0.3) is 0 Å². The van der Waals surface area contributed by atoms with Crippen molar-refractivity contribution in [2.24, 2.45) is 7.05 Å². The number of aromatic nitrogens is 3. The Balaban J connectivity index is 1.67. The van der Waals surface area contributed by atoms with Crippen LogP contribution in [0, 0.1) is 11.8 Å². The van der Waals surface area contributed by atoms with E-state index in [1.54, 1.807) is 18.8 Å². The summed E-state index contributed by atoms with van der Waals surface area (Å²) in [6, 6.07) is 11.8. The number of fused-ring (bicyclic) bond motifs is 1. The monoisotopic (exact) mass is 346 g/mol. The summed E-state index contributed by atoms with van der Waals surface area (Å²) in [7, 11) is 3.61. The predicted octanol–water partition coefficient (Wildman–Crippen LogP) is 2.53. The van der Waals surface area contributed by atoms with Crippen molar-refractivity contribution < 1.29 is 9.90 Å². The van der Waals surface area contributed by atoms with Gasteiger partial charge in [0.15, 0.2) is 11.5 Å². The van der Waals surface area contributed by atoms with E-state index in [1.807, 2.05) is 36.4 Å². The standard InChI is InChI=1S/C20H18N4O2/c1-21-18-17(22-23-24(18)2)8-4-13-3-5-15-12-16(7-6-14(15)11-13)20(9-10-20)19(25)26/h3,5-7,11-12,21H,9-10H2,1-2H3,(H,25,26). The van der Waals surface area contributed by atoms with Gasteiger partial charge < -0.3 is 10.4 Å². The largest absolute Gasteiger partial charge is 0.481 e. The molecule has 130 valence electrons. The van der Waals surface area contributed by atoms with Crippen LogP contribution in [0.4, 0.5) is 5.82 Å². The molecule has 0 saturated heterocycles. The number of benzene rings is 2. The zero-order valence-corrected chi connectivity index (χ0v) is 14.6. The number of nitrogens with one attached hydrogen (secondary N) is 1. The summed E-state index contributed by atoms with van der Waals surface area (Å²) in [5.41, 5.74) is 1.68. The van der Waals surface area contributed by atoms with E-state index in [2.05, 4.69) is 27.5 Å². The van der Waals surface area contributed by atoms with E-state index >= 15 is 0 Å². The normalized spacial score (nSPS) is 14.5. The number of anilines is 1. The Morgan fingerprint density at radius 1 is 1.19 bits per heavy atom. The first-order chi connectivity index (χ1) is 12.5. The first-order valence-electron chi connectivity index (χ1n) is 8.41. The van der Waals surface area contributed by atoms with Crippen LogP contribution in [0.1, 0.15) is 29.7 Å². The van der Waals surface area contributed by atoms with Gasteiger partial charge in [-0.05, 0) is 47.2 Å². The molecule has 2 aromatic carbocycles. The Bertz CT molecular complexity index is 1080. The van der Waals surface area contributed by atoms with E-state index in [-0.39, 0.29) is 0 Å². The predicted molar refractivity (Wildman–Crippen MR) is 99.0 cm³/mol. The molecular formula is C20H18N4O2. The molecule has 0 spiro atoms. The van der Waals surface area contributed by atoms with Gasteiger partial charge in [-0.15, -0.1) is 5.10 Å². The lowest BCUT2D eigenvalue weighted by molar-refractivity contribution is -0.140. The molecule has 1 heterocycles. The van der Waals surface area contributed by atoms with E-state index in [4.69, 9.17) is 0 Å². The Kier molecular flexibility index (Phi) is 3.66. The first kappa shape index (κ1) is 16.2. The lowest BCUT2D eigenvalue weighted by Gasteiger charge is -2.11. The topological polar surface area (TPSA) is 80.0 Å². The SMILES string of the molecule is CNc1c(C#Cc2ccc3cc(C4(C(=O)O)CC4)ccc3c2)nnn1C. The molecule has 1 aliphatic carbocycles. The van der Waals surface area contributed by atoms with Crippen molar-refractivity contribution in [2.45, 2.75) is 18.3 Å². The van der Waals surface area contributed by atoms with Crippen molar-refractivity contribution in [3.63, 3.8) is 0 Å². The van der Waals surface area contributed by atoms with Gasteiger partial charge in [-0.1, -0.05) is 35.4 Å². The molecule has 6 nitrogen and oxygen atoms in total. The van der Waals surface area contributed by atoms with Gasteiger partial charge in [0, 0.05) is 19.7 Å². The van der Waals surface area contributed by atoms with E-state index in [9.17, 15) is 9.90 Å². The smallest absolute Gasteiger partial charge is 0.314 e. The number of rotatable bonds is 3. The fraction of sp³-hybridized carbons (Fsp3) is 0.250. The molecule has 1 aliphatic rings. The summed E-state index contributed by atoms with van der Waals surface area (Å²) in [5, 5.41) is 22.6. The minimum absolute atomic E-state index is 0.600. The van der Waals surface area contributed by atoms with Gasteiger partial charge in [-0.25, -0.2) is 4.68 Å². The highest BCUT2D eigenvalue weighted by Crippen LogP contribution is 2.48. The van der Waals surface area contributed by atoms with Crippen molar-refractivity contribution in [3.05, 3.63) is 53.2 Å². The highest BCUT2D eigenvalue weighted by molar-refractivity contribution is 5.89. The van der Waals surface area contributed by atoms with Gasteiger partial charge in [0.05, 0.1) is 5.41 Å². The Labute approximate surface area is 150 Å². The summed E-state index contributed by atoms with van der Waals surface area (Å²) in [6.07, 6.45) is 1.42. The fourth-order valence-corrected chi connectivity index (χ4v) is 3.23. The third kappa shape index (κ3) is 2.58. The second-order valence-electron chi connectivity index (χ2n) is 6.57. The molecule has 1 fully saturated rings. The molecule has 0 unspecified atom stereocenters. The first-order valence-corrected chi connectivity index (χ1v) is 8.41. The van der Waals surface area contributed by atoms with Crippen molar-refractivity contribution in [3.8, 4) is 11.8 Å². The van der Waals surface area contributed by atoms with E-state index in [1.165, 1.54) is 0 Å². The van der Waals surface area contributed by atoms with Gasteiger partial charge in [-0.2, -0.15) is 0 Å². The highest BCUT2D eigenvalue weighted by atomic mass is 16.4. The summed E-state index contributed by atoms with van der Waals surface area (Å²) >= 11 is 0. The van der Waals surface area contributed by atoms with Crippen molar-refractivity contribution >= 4 is 22.6 Å². The molecule has 0 atom stereocenters. The fourth-order valence-electron chi connectivity index (χ4n) is 3.23. The van der Waals surface area contributed by atoms with Gasteiger partial charge in [0.1, 0.15) is 0 Å². The maximum Gasteiger partial charge on any atom is 0.314 e. The molecule has 0 bridgehead atoms. The number of aliphatic carboxylic acids is 1. The average Bonchev–Trinajstić information content (AvgIpc) is 3.38. The van der Waals surface area contributed by atoms with Crippen LogP contribution in [0.3, 0.4) is 0 Å². The van der Waals surface area contributed by atoms with E-state index in [0.29, 0.717) is 18.5 Å². The number of nitrogens with zero attached hydrogens (tertiary/aromatic N) is 3. The lowest BCUT2D eigenvalue weighted by atomic mass is 9.93. The number of aryl methyl sites for hydroxylation is 1. The Morgan fingerprint density at radius 3 is 2.62 bits per heavy atom. The molecule has 2 N–H and O–H groups in total. The van der Waals surface area contributed by atoms with Crippen molar-refractivity contribution in [2.75, 3.05) is 12.4 Å². The van der Waals surface area contributed by atoms with Crippen LogP contribution < -0.4 is 5.32 Å². The zero-order chi connectivity index (χ0) is 18.3. The molecule has 26 heavy (non-hydrogen) atoms. The quantitative estimate of drug-likeness (QED) is 0.713. The molecule has 0 radical (unpaired) electrons. The van der Waals surface area contributed by atoms with Crippen molar-refractivity contribution in [1.29, 1.82) is 0 Å². The second kappa shape index (κ2) is 5.88. The molecule has 3 aromatic rings. The number of hydrogen-bond acceptors (Lipinski definition) is 4. The second-order valence-corrected chi connectivity index (χ2v) is 6.57. The minimum atomic E-state index is -0.733. The molecule has 1 aromatic heterocycles. The molecular weight excluding hydrogens is 328 g/mol. The number of carboxylic acid groups (broad SMARTS) is 1. The summed E-state index contributed by atoms with van der Waals surface area (Å²) in [6.45, 7) is 0. The minimum Gasteiger partial charge on any atom is -0.481 e. The maximum atomic E-state index is 11.5. The lowest BCUT2D eigenvalue weighted by Crippen LogP contribution is -2.19. The number of hydrogen-bond donors (Lipinski definition) is 2.